The van der Waals surface area contributed by atoms with Gasteiger partial charge in [0.25, 0.3) is 0 Å². The van der Waals surface area contributed by atoms with Gasteiger partial charge >= 0.3 is 0 Å². The number of hydrogen-bond acceptors (Lipinski definition) is 3. The van der Waals surface area contributed by atoms with Gasteiger partial charge in [0, 0.05) is 15.3 Å². The van der Waals surface area contributed by atoms with Crippen LogP contribution in [0.5, 0.6) is 0 Å². The number of hydrogen-bond donors (Lipinski definition) is 2. The van der Waals surface area contributed by atoms with Crippen molar-refractivity contribution in [3.8, 4) is 0 Å². The second-order valence-corrected chi connectivity index (χ2v) is 6.64. The van der Waals surface area contributed by atoms with Crippen molar-refractivity contribution in [3.05, 3.63) is 40.1 Å². The van der Waals surface area contributed by atoms with Crippen LogP contribution in [0.3, 0.4) is 0 Å². The maximum atomic E-state index is 12.1. The molecule has 1 saturated carbocycles. The Balaban J connectivity index is 1.58. The molecular weight excluding hydrogens is 391 g/mol. The van der Waals surface area contributed by atoms with Gasteiger partial charge < -0.3 is 10.6 Å². The first-order chi connectivity index (χ1) is 10.7. The van der Waals surface area contributed by atoms with Crippen LogP contribution in [-0.4, -0.2) is 22.2 Å². The van der Waals surface area contributed by atoms with Crippen molar-refractivity contribution in [3.63, 3.8) is 0 Å². The van der Waals surface area contributed by atoms with E-state index in [-0.39, 0.29) is 12.5 Å². The van der Waals surface area contributed by atoms with Crippen LogP contribution in [-0.2, 0) is 4.79 Å². The van der Waals surface area contributed by atoms with Crippen molar-refractivity contribution in [2.75, 3.05) is 17.2 Å². The average molecular weight is 410 g/mol. The third-order valence-corrected chi connectivity index (χ3v) is 4.86. The zero-order valence-corrected chi connectivity index (χ0v) is 14.4. The highest BCUT2D eigenvalue weighted by Crippen LogP contribution is 2.31. The van der Waals surface area contributed by atoms with E-state index in [2.05, 4.69) is 38.3 Å². The average Bonchev–Trinajstić information content (AvgIpc) is 3.17. The van der Waals surface area contributed by atoms with E-state index in [1.54, 1.807) is 6.20 Å². The highest BCUT2D eigenvalue weighted by molar-refractivity contribution is 14.1. The van der Waals surface area contributed by atoms with E-state index in [9.17, 15) is 4.79 Å². The predicted molar refractivity (Wildman–Crippen MR) is 96.0 cm³/mol. The van der Waals surface area contributed by atoms with E-state index in [1.807, 2.05) is 35.0 Å². The number of benzene rings is 1. The summed E-state index contributed by atoms with van der Waals surface area (Å²) in [6.07, 6.45) is 6.52. The Labute approximate surface area is 143 Å². The quantitative estimate of drug-likeness (QED) is 0.740. The molecule has 2 N–H and O–H groups in total. The molecule has 1 heterocycles. The first-order valence-corrected chi connectivity index (χ1v) is 8.63. The molecule has 3 rings (SSSR count). The van der Waals surface area contributed by atoms with Crippen molar-refractivity contribution in [2.45, 2.75) is 31.7 Å². The molecule has 0 spiro atoms. The summed E-state index contributed by atoms with van der Waals surface area (Å²) in [6.45, 7) is 0.246. The molecule has 1 aliphatic rings. The molecule has 1 aliphatic carbocycles. The van der Waals surface area contributed by atoms with Crippen molar-refractivity contribution in [2.24, 2.45) is 0 Å². The molecule has 6 heteroatoms. The normalized spacial score (nSPS) is 15.0. The van der Waals surface area contributed by atoms with Crippen LogP contribution in [0, 0.1) is 3.57 Å². The third kappa shape index (κ3) is 3.60. The number of rotatable bonds is 5. The van der Waals surface area contributed by atoms with Gasteiger partial charge in [0.1, 0.15) is 5.82 Å². The van der Waals surface area contributed by atoms with Crippen LogP contribution in [0.1, 0.15) is 31.7 Å². The molecule has 0 unspecified atom stereocenters. The molecule has 2 aromatic rings. The molecule has 0 bridgehead atoms. The van der Waals surface area contributed by atoms with E-state index < -0.39 is 0 Å². The molecule has 0 saturated heterocycles. The number of carbonyl (C=O) groups excluding carboxylic acids is 1. The summed E-state index contributed by atoms with van der Waals surface area (Å²) in [5.41, 5.74) is 0.975. The fraction of sp³-hybridized carbons (Fsp3) is 0.375. The van der Waals surface area contributed by atoms with E-state index in [0.29, 0.717) is 6.04 Å². The van der Waals surface area contributed by atoms with Gasteiger partial charge in [-0.2, -0.15) is 5.10 Å². The maximum absolute atomic E-state index is 12.1. The third-order valence-electron chi connectivity index (χ3n) is 3.92. The van der Waals surface area contributed by atoms with Crippen LogP contribution >= 0.6 is 22.6 Å². The minimum absolute atomic E-state index is 0.0561. The summed E-state index contributed by atoms with van der Waals surface area (Å²) in [6, 6.07) is 10.2. The van der Waals surface area contributed by atoms with Crippen molar-refractivity contribution in [1.29, 1.82) is 0 Å². The lowest BCUT2D eigenvalue weighted by molar-refractivity contribution is -0.114. The lowest BCUT2D eigenvalue weighted by Crippen LogP contribution is -2.24. The monoisotopic (exact) mass is 410 g/mol. The number of amides is 1. The predicted octanol–water partition coefficient (Wildman–Crippen LogP) is 3.65. The molecule has 0 radical (unpaired) electrons. The Kier molecular flexibility index (Phi) is 4.97. The zero-order chi connectivity index (χ0) is 15.4. The Bertz CT molecular complexity index is 649. The molecule has 0 aliphatic heterocycles. The summed E-state index contributed by atoms with van der Waals surface area (Å²) in [5.74, 6) is 0.737. The van der Waals surface area contributed by atoms with Crippen LogP contribution in [0.25, 0.3) is 0 Å². The van der Waals surface area contributed by atoms with Gasteiger partial charge in [-0.1, -0.05) is 25.0 Å². The Morgan fingerprint density at radius 1 is 1.27 bits per heavy atom. The highest BCUT2D eigenvalue weighted by atomic mass is 127. The molecule has 0 atom stereocenters. The fourth-order valence-electron chi connectivity index (χ4n) is 2.82. The number of nitrogens with zero attached hydrogens (tertiary/aromatic N) is 2. The SMILES string of the molecule is O=C(CNc1ccccc1I)Nc1ccnn1C1CCCC1. The van der Waals surface area contributed by atoms with Gasteiger partial charge in [-0.15, -0.1) is 0 Å². The number of para-hydroxylation sites is 1. The largest absolute Gasteiger partial charge is 0.375 e. The van der Waals surface area contributed by atoms with E-state index in [1.165, 1.54) is 12.8 Å². The molecule has 22 heavy (non-hydrogen) atoms. The Morgan fingerprint density at radius 2 is 2.05 bits per heavy atom. The van der Waals surface area contributed by atoms with Gasteiger partial charge in [0.15, 0.2) is 0 Å². The second-order valence-electron chi connectivity index (χ2n) is 5.48. The number of carbonyl (C=O) groups is 1. The number of halogens is 1. The first kappa shape index (κ1) is 15.3. The van der Waals surface area contributed by atoms with Gasteiger partial charge in [-0.05, 0) is 47.6 Å². The van der Waals surface area contributed by atoms with E-state index in [4.69, 9.17) is 0 Å². The van der Waals surface area contributed by atoms with Crippen LogP contribution < -0.4 is 10.6 Å². The fourth-order valence-corrected chi connectivity index (χ4v) is 3.40. The van der Waals surface area contributed by atoms with Crippen LogP contribution in [0.2, 0.25) is 0 Å². The first-order valence-electron chi connectivity index (χ1n) is 7.56. The lowest BCUT2D eigenvalue weighted by Gasteiger charge is -2.15. The lowest BCUT2D eigenvalue weighted by atomic mass is 10.2. The van der Waals surface area contributed by atoms with Crippen molar-refractivity contribution in [1.82, 2.24) is 9.78 Å². The minimum Gasteiger partial charge on any atom is -0.375 e. The molecule has 5 nitrogen and oxygen atoms in total. The van der Waals surface area contributed by atoms with E-state index in [0.717, 1.165) is 27.9 Å². The van der Waals surface area contributed by atoms with Gasteiger partial charge in [0.2, 0.25) is 5.91 Å². The summed E-state index contributed by atoms with van der Waals surface area (Å²) in [5, 5.41) is 10.5. The van der Waals surface area contributed by atoms with Gasteiger partial charge in [0.05, 0.1) is 18.8 Å². The standard InChI is InChI=1S/C16H19IN4O/c17-13-7-3-4-8-14(13)18-11-16(22)20-15-9-10-19-21(15)12-5-1-2-6-12/h3-4,7-10,12,18H,1-2,5-6,11H2,(H,20,22). The summed E-state index contributed by atoms with van der Waals surface area (Å²) >= 11 is 2.25. The highest BCUT2D eigenvalue weighted by Gasteiger charge is 2.20. The number of anilines is 2. The molecule has 1 amide bonds. The topological polar surface area (TPSA) is 59.0 Å². The Hall–Kier alpha value is -1.57. The van der Waals surface area contributed by atoms with Crippen molar-refractivity contribution < 1.29 is 4.79 Å². The molecule has 1 aromatic carbocycles. The van der Waals surface area contributed by atoms with E-state index >= 15 is 0 Å². The second kappa shape index (κ2) is 7.13. The minimum atomic E-state index is -0.0561. The number of aromatic nitrogens is 2. The van der Waals surface area contributed by atoms with Gasteiger partial charge in [-0.25, -0.2) is 4.68 Å². The van der Waals surface area contributed by atoms with Crippen molar-refractivity contribution >= 4 is 40.0 Å². The smallest absolute Gasteiger partial charge is 0.244 e. The van der Waals surface area contributed by atoms with Crippen LogP contribution in [0.4, 0.5) is 11.5 Å². The summed E-state index contributed by atoms with van der Waals surface area (Å²) in [4.78, 5) is 12.1. The zero-order valence-electron chi connectivity index (χ0n) is 12.3. The maximum Gasteiger partial charge on any atom is 0.244 e. The summed E-state index contributed by atoms with van der Waals surface area (Å²) < 4.78 is 3.06. The molecule has 116 valence electrons. The summed E-state index contributed by atoms with van der Waals surface area (Å²) in [7, 11) is 0. The number of nitrogens with one attached hydrogen (secondary N) is 2. The van der Waals surface area contributed by atoms with Gasteiger partial charge in [-0.3, -0.25) is 4.79 Å². The van der Waals surface area contributed by atoms with Crippen LogP contribution in [0.15, 0.2) is 36.5 Å². The molecule has 1 fully saturated rings. The molecular formula is C16H19IN4O. The Morgan fingerprint density at radius 3 is 2.82 bits per heavy atom. The molecule has 1 aromatic heterocycles.